The van der Waals surface area contributed by atoms with Crippen molar-refractivity contribution in [3.8, 4) is 0 Å². The second-order valence-corrected chi connectivity index (χ2v) is 10.8. The van der Waals surface area contributed by atoms with Crippen LogP contribution in [0.15, 0.2) is 17.3 Å². The van der Waals surface area contributed by atoms with Crippen LogP contribution < -0.4 is 0 Å². The molecule has 4 rings (SSSR count). The van der Waals surface area contributed by atoms with Crippen LogP contribution in [0.1, 0.15) is 71.6 Å². The summed E-state index contributed by atoms with van der Waals surface area (Å²) in [7, 11) is 4.16. The van der Waals surface area contributed by atoms with Crippen LogP contribution in [-0.4, -0.2) is 37.9 Å². The van der Waals surface area contributed by atoms with E-state index in [9.17, 15) is 0 Å². The highest BCUT2D eigenvalue weighted by atomic mass is 16.6. The Bertz CT molecular complexity index is 612. The third kappa shape index (κ3) is 3.28. The van der Waals surface area contributed by atoms with Gasteiger partial charge in [-0.1, -0.05) is 31.2 Å². The maximum atomic E-state index is 5.62. The van der Waals surface area contributed by atoms with E-state index in [4.69, 9.17) is 4.84 Å². The molecule has 4 fully saturated rings. The van der Waals surface area contributed by atoms with Crippen molar-refractivity contribution in [2.75, 3.05) is 27.2 Å². The molecule has 0 aromatic carbocycles. The molecule has 0 aliphatic heterocycles. The number of oxime groups is 1. The Morgan fingerprint density at radius 1 is 1.07 bits per heavy atom. The van der Waals surface area contributed by atoms with Gasteiger partial charge in [0.15, 0.2) is 0 Å². The SMILES string of the molecule is C=C1CCC2C3CCC4CC(=NOCCN(C)C)CC[C@]4(C)C3CC[C@]12C. The van der Waals surface area contributed by atoms with Crippen LogP contribution in [-0.2, 0) is 4.84 Å². The van der Waals surface area contributed by atoms with Crippen molar-refractivity contribution in [3.05, 3.63) is 12.2 Å². The van der Waals surface area contributed by atoms with Crippen molar-refractivity contribution in [2.45, 2.75) is 71.6 Å². The summed E-state index contributed by atoms with van der Waals surface area (Å²) < 4.78 is 0. The first kappa shape index (κ1) is 19.5. The molecule has 0 radical (unpaired) electrons. The van der Waals surface area contributed by atoms with Crippen molar-refractivity contribution in [2.24, 2.45) is 39.7 Å². The molecule has 0 amide bonds. The maximum Gasteiger partial charge on any atom is 0.129 e. The van der Waals surface area contributed by atoms with Crippen LogP contribution in [0.2, 0.25) is 0 Å². The largest absolute Gasteiger partial charge is 0.394 e. The van der Waals surface area contributed by atoms with Gasteiger partial charge in [-0.15, -0.1) is 0 Å². The Kier molecular flexibility index (Phi) is 5.20. The van der Waals surface area contributed by atoms with E-state index in [2.05, 4.69) is 44.6 Å². The smallest absolute Gasteiger partial charge is 0.129 e. The molecular formula is C24H40N2O. The van der Waals surface area contributed by atoms with Crippen LogP contribution in [0.3, 0.4) is 0 Å². The topological polar surface area (TPSA) is 24.8 Å². The Morgan fingerprint density at radius 3 is 2.67 bits per heavy atom. The molecule has 0 bridgehead atoms. The zero-order valence-corrected chi connectivity index (χ0v) is 18.1. The molecule has 4 aliphatic carbocycles. The van der Waals surface area contributed by atoms with Crippen molar-refractivity contribution >= 4 is 5.71 Å². The van der Waals surface area contributed by atoms with Crippen molar-refractivity contribution in [3.63, 3.8) is 0 Å². The number of nitrogens with zero attached hydrogens (tertiary/aromatic N) is 2. The fraction of sp³-hybridized carbons (Fsp3) is 0.875. The van der Waals surface area contributed by atoms with Gasteiger partial charge in [0.2, 0.25) is 0 Å². The molecule has 3 nitrogen and oxygen atoms in total. The van der Waals surface area contributed by atoms with Gasteiger partial charge in [0, 0.05) is 6.54 Å². The molecule has 6 atom stereocenters. The maximum absolute atomic E-state index is 5.62. The lowest BCUT2D eigenvalue weighted by molar-refractivity contribution is -0.0859. The number of fused-ring (bicyclic) bond motifs is 5. The Labute approximate surface area is 166 Å². The van der Waals surface area contributed by atoms with Gasteiger partial charge in [0.25, 0.3) is 0 Å². The van der Waals surface area contributed by atoms with Crippen LogP contribution in [0.4, 0.5) is 0 Å². The summed E-state index contributed by atoms with van der Waals surface area (Å²) in [5.74, 6) is 3.60. The molecule has 0 N–H and O–H groups in total. The number of allylic oxidation sites excluding steroid dienone is 1. The van der Waals surface area contributed by atoms with Crippen molar-refractivity contribution in [1.29, 1.82) is 0 Å². The predicted octanol–water partition coefficient (Wildman–Crippen LogP) is 5.52. The van der Waals surface area contributed by atoms with Gasteiger partial charge < -0.3 is 9.74 Å². The highest BCUT2D eigenvalue weighted by Crippen LogP contribution is 2.66. The molecule has 27 heavy (non-hydrogen) atoms. The average Bonchev–Trinajstić information content (AvgIpc) is 2.94. The zero-order valence-electron chi connectivity index (χ0n) is 18.1. The summed E-state index contributed by atoms with van der Waals surface area (Å²) >= 11 is 0. The molecule has 4 aliphatic rings. The molecule has 0 aromatic rings. The number of likely N-dealkylation sites (N-methyl/N-ethyl adjacent to an activating group) is 1. The molecule has 0 aromatic heterocycles. The average molecular weight is 373 g/mol. The summed E-state index contributed by atoms with van der Waals surface area (Å²) in [4.78, 5) is 7.77. The number of rotatable bonds is 4. The van der Waals surface area contributed by atoms with Gasteiger partial charge in [-0.2, -0.15) is 0 Å². The third-order valence-corrected chi connectivity index (χ3v) is 9.28. The van der Waals surface area contributed by atoms with E-state index >= 15 is 0 Å². The van der Waals surface area contributed by atoms with Crippen molar-refractivity contribution in [1.82, 2.24) is 4.90 Å². The molecular weight excluding hydrogens is 332 g/mol. The minimum atomic E-state index is 0.450. The summed E-state index contributed by atoms with van der Waals surface area (Å²) in [5, 5.41) is 4.53. The highest BCUT2D eigenvalue weighted by molar-refractivity contribution is 5.85. The zero-order chi connectivity index (χ0) is 19.2. The van der Waals surface area contributed by atoms with E-state index in [1.54, 1.807) is 5.57 Å². The Morgan fingerprint density at radius 2 is 1.89 bits per heavy atom. The second-order valence-electron chi connectivity index (χ2n) is 10.8. The van der Waals surface area contributed by atoms with Crippen molar-refractivity contribution < 1.29 is 4.84 Å². The van der Waals surface area contributed by atoms with Gasteiger partial charge in [-0.05, 0) is 106 Å². The molecule has 0 saturated heterocycles. The minimum absolute atomic E-state index is 0.450. The standard InChI is InChI=1S/C24H40N2O/c1-17-6-9-21-20-8-7-18-16-19(25-27-15-14-26(4)5)10-12-24(18,3)22(20)11-13-23(17,21)2/h18,20-22H,1,6-16H2,2-5H3/t18?,20?,21?,22?,23-,24+/m1/s1. The number of hydrogen-bond donors (Lipinski definition) is 0. The molecule has 4 unspecified atom stereocenters. The van der Waals surface area contributed by atoms with E-state index in [1.165, 1.54) is 57.1 Å². The summed E-state index contributed by atoms with van der Waals surface area (Å²) in [5.41, 5.74) is 3.86. The lowest BCUT2D eigenvalue weighted by Gasteiger charge is -2.60. The fourth-order valence-electron chi connectivity index (χ4n) is 7.41. The monoisotopic (exact) mass is 372 g/mol. The van der Waals surface area contributed by atoms with Gasteiger partial charge >= 0.3 is 0 Å². The predicted molar refractivity (Wildman–Crippen MR) is 113 cm³/mol. The van der Waals surface area contributed by atoms with Gasteiger partial charge in [0.1, 0.15) is 6.61 Å². The molecule has 0 spiro atoms. The lowest BCUT2D eigenvalue weighted by atomic mass is 9.45. The molecule has 0 heterocycles. The van der Waals surface area contributed by atoms with Gasteiger partial charge in [-0.3, -0.25) is 0 Å². The first-order valence-electron chi connectivity index (χ1n) is 11.4. The first-order chi connectivity index (χ1) is 12.8. The third-order valence-electron chi connectivity index (χ3n) is 9.28. The number of hydrogen-bond acceptors (Lipinski definition) is 3. The first-order valence-corrected chi connectivity index (χ1v) is 11.4. The highest BCUT2D eigenvalue weighted by Gasteiger charge is 2.58. The minimum Gasteiger partial charge on any atom is -0.394 e. The van der Waals surface area contributed by atoms with Crippen LogP contribution >= 0.6 is 0 Å². The summed E-state index contributed by atoms with van der Waals surface area (Å²) in [6, 6.07) is 0. The van der Waals surface area contributed by atoms with E-state index in [0.717, 1.165) is 36.6 Å². The van der Waals surface area contributed by atoms with Crippen LogP contribution in [0.25, 0.3) is 0 Å². The van der Waals surface area contributed by atoms with E-state index in [0.29, 0.717) is 17.4 Å². The summed E-state index contributed by atoms with van der Waals surface area (Å²) in [6.45, 7) is 11.3. The van der Waals surface area contributed by atoms with Gasteiger partial charge in [-0.25, -0.2) is 0 Å². The van der Waals surface area contributed by atoms with E-state index in [-0.39, 0.29) is 0 Å². The lowest BCUT2D eigenvalue weighted by Crippen LogP contribution is -2.52. The normalized spacial score (nSPS) is 45.5. The second kappa shape index (κ2) is 7.21. The molecule has 3 heteroatoms. The quantitative estimate of drug-likeness (QED) is 0.369. The van der Waals surface area contributed by atoms with E-state index < -0.39 is 0 Å². The van der Waals surface area contributed by atoms with Gasteiger partial charge in [0.05, 0.1) is 5.71 Å². The van der Waals surface area contributed by atoms with E-state index in [1.807, 2.05) is 0 Å². The Balaban J connectivity index is 1.43. The summed E-state index contributed by atoms with van der Waals surface area (Å²) in [6.07, 6.45) is 12.0. The molecule has 152 valence electrons. The Hall–Kier alpha value is -0.830. The fourth-order valence-corrected chi connectivity index (χ4v) is 7.41. The van der Waals surface area contributed by atoms with Crippen LogP contribution in [0, 0.1) is 34.5 Å². The van der Waals surface area contributed by atoms with Crippen LogP contribution in [0.5, 0.6) is 0 Å². The molecule has 4 saturated carbocycles.